The first-order valence-electron chi connectivity index (χ1n) is 5.42. The summed E-state index contributed by atoms with van der Waals surface area (Å²) in [7, 11) is -2.15. The van der Waals surface area contributed by atoms with Crippen molar-refractivity contribution in [3.8, 4) is 0 Å². The molecule has 0 rings (SSSR count). The molecule has 0 radical (unpaired) electrons. The quantitative estimate of drug-likeness (QED) is 0.481. The molecule has 0 aliphatic heterocycles. The lowest BCUT2D eigenvalue weighted by Crippen LogP contribution is -2.25. The fourth-order valence-electron chi connectivity index (χ4n) is 0.799. The topological polar surface area (TPSA) is 0 Å². The molecule has 0 N–H and O–H groups in total. The lowest BCUT2D eigenvalue weighted by atomic mass is 10.4. The Morgan fingerprint density at radius 1 is 1.07 bits per heavy atom. The molecule has 14 heavy (non-hydrogen) atoms. The molecule has 0 heterocycles. The summed E-state index contributed by atoms with van der Waals surface area (Å²) in [6, 6.07) is 0. The van der Waals surface area contributed by atoms with Gasteiger partial charge in [-0.1, -0.05) is 70.1 Å². The fourth-order valence-corrected chi connectivity index (χ4v) is 2.07. The van der Waals surface area contributed by atoms with Gasteiger partial charge in [-0.05, 0) is 5.54 Å². The smallest absolute Gasteiger partial charge is 0.0768 e. The van der Waals surface area contributed by atoms with Crippen LogP contribution >= 0.6 is 0 Å². The molecule has 0 spiro atoms. The van der Waals surface area contributed by atoms with E-state index in [9.17, 15) is 0 Å². The number of rotatable bonds is 4. The summed E-state index contributed by atoms with van der Waals surface area (Å²) in [5, 5.41) is 1.36. The second-order valence-electron chi connectivity index (χ2n) is 6.29. The molecule has 1 unspecified atom stereocenters. The number of allylic oxidation sites excluding steroid dienone is 3. The maximum atomic E-state index is 4.17. The average Bonchev–Trinajstić information content (AvgIpc) is 1.95. The van der Waals surface area contributed by atoms with Gasteiger partial charge < -0.3 is 0 Å². The van der Waals surface area contributed by atoms with Crippen molar-refractivity contribution in [2.75, 3.05) is 0 Å². The molecule has 0 aliphatic carbocycles. The highest BCUT2D eigenvalue weighted by Crippen LogP contribution is 2.23. The Labute approximate surface area is 92.1 Å². The molecule has 0 saturated carbocycles. The zero-order valence-electron chi connectivity index (χ0n) is 10.9. The van der Waals surface area contributed by atoms with Gasteiger partial charge in [0.15, 0.2) is 0 Å². The highest BCUT2D eigenvalue weighted by atomic mass is 28.3. The van der Waals surface area contributed by atoms with Crippen LogP contribution in [0.3, 0.4) is 0 Å². The normalized spacial score (nSPS) is 15.9. The first kappa shape index (κ1) is 13.9. The van der Waals surface area contributed by atoms with Crippen molar-refractivity contribution in [2.24, 2.45) is 0 Å². The molecule has 2 heteroatoms. The second kappa shape index (κ2) is 4.62. The molecule has 0 aromatic carbocycles. The highest BCUT2D eigenvalue weighted by molar-refractivity contribution is 6.83. The molecule has 0 amide bonds. The van der Waals surface area contributed by atoms with Gasteiger partial charge >= 0.3 is 0 Å². The first-order chi connectivity index (χ1) is 6.05. The predicted molar refractivity (Wildman–Crippen MR) is 74.4 cm³/mol. The van der Waals surface area contributed by atoms with E-state index in [0.29, 0.717) is 0 Å². The first-order valence-corrected chi connectivity index (χ1v) is 12.5. The van der Waals surface area contributed by atoms with E-state index in [2.05, 4.69) is 64.9 Å². The van der Waals surface area contributed by atoms with E-state index in [1.54, 1.807) is 0 Å². The molecule has 82 valence electrons. The zero-order valence-corrected chi connectivity index (χ0v) is 12.9. The molecule has 0 aromatic heterocycles. The Morgan fingerprint density at radius 3 is 1.79 bits per heavy atom. The van der Waals surface area contributed by atoms with Crippen LogP contribution in [0.4, 0.5) is 0 Å². The Kier molecular flexibility index (Phi) is 4.59. The number of hydrogen-bond acceptors (Lipinski definition) is 0. The Balaban J connectivity index is 4.41. The van der Waals surface area contributed by atoms with E-state index in [0.717, 1.165) is 5.54 Å². The van der Waals surface area contributed by atoms with Crippen molar-refractivity contribution in [1.29, 1.82) is 0 Å². The van der Waals surface area contributed by atoms with Gasteiger partial charge in [0.25, 0.3) is 0 Å². The maximum absolute atomic E-state index is 4.17. The van der Waals surface area contributed by atoms with Gasteiger partial charge in [-0.25, -0.2) is 0 Å². The Hall–Kier alpha value is -0.0862. The van der Waals surface area contributed by atoms with Gasteiger partial charge in [-0.2, -0.15) is 0 Å². The Bertz CT molecular complexity index is 226. The third-order valence-electron chi connectivity index (χ3n) is 2.92. The van der Waals surface area contributed by atoms with Crippen LogP contribution in [-0.2, 0) is 0 Å². The summed E-state index contributed by atoms with van der Waals surface area (Å²) in [5.74, 6) is 0. The number of hydrogen-bond donors (Lipinski definition) is 0. The minimum atomic E-state index is -1.15. The van der Waals surface area contributed by atoms with E-state index in [4.69, 9.17) is 0 Å². The van der Waals surface area contributed by atoms with Gasteiger partial charge in [0.2, 0.25) is 0 Å². The van der Waals surface area contributed by atoms with Crippen molar-refractivity contribution in [3.05, 3.63) is 23.9 Å². The van der Waals surface area contributed by atoms with E-state index < -0.39 is 16.1 Å². The van der Waals surface area contributed by atoms with Crippen LogP contribution < -0.4 is 0 Å². The van der Waals surface area contributed by atoms with E-state index in [1.165, 1.54) is 5.20 Å². The lowest BCUT2D eigenvalue weighted by Gasteiger charge is -2.23. The van der Waals surface area contributed by atoms with Gasteiger partial charge in [0.05, 0.1) is 16.1 Å². The molecular formula is C12H26Si2. The largest absolute Gasteiger partial charge is 0.0998 e. The van der Waals surface area contributed by atoms with Crippen molar-refractivity contribution >= 4 is 16.1 Å². The standard InChI is InChI=1S/C12H26Si2/c1-11(13(3,4)5)9-10-12(2)14(6,7)8/h9-10,12H,1H2,2-8H3/b10-9-. The van der Waals surface area contributed by atoms with Crippen molar-refractivity contribution < 1.29 is 0 Å². The summed E-state index contributed by atoms with van der Waals surface area (Å²) < 4.78 is 0. The van der Waals surface area contributed by atoms with Crippen molar-refractivity contribution in [3.63, 3.8) is 0 Å². The van der Waals surface area contributed by atoms with Crippen molar-refractivity contribution in [1.82, 2.24) is 0 Å². The Morgan fingerprint density at radius 2 is 1.50 bits per heavy atom. The molecule has 0 aliphatic rings. The maximum Gasteiger partial charge on any atom is 0.0768 e. The minimum Gasteiger partial charge on any atom is -0.0998 e. The van der Waals surface area contributed by atoms with Gasteiger partial charge in [0.1, 0.15) is 0 Å². The van der Waals surface area contributed by atoms with Crippen LogP contribution in [0.15, 0.2) is 23.9 Å². The van der Waals surface area contributed by atoms with Crippen LogP contribution in [-0.4, -0.2) is 16.1 Å². The van der Waals surface area contributed by atoms with E-state index in [1.807, 2.05) is 0 Å². The van der Waals surface area contributed by atoms with Gasteiger partial charge in [-0.15, -0.1) is 0 Å². The van der Waals surface area contributed by atoms with Crippen LogP contribution in [0.2, 0.25) is 44.8 Å². The highest BCUT2D eigenvalue weighted by Gasteiger charge is 2.20. The van der Waals surface area contributed by atoms with Crippen LogP contribution in [0.1, 0.15) is 6.92 Å². The zero-order chi connectivity index (χ0) is 11.6. The predicted octanol–water partition coefficient (Wildman–Crippen LogP) is 4.70. The molecule has 1 atom stereocenters. The SMILES string of the molecule is C=C(/C=C\C(C)[Si](C)(C)C)[Si](C)(C)C. The molecule has 0 bridgehead atoms. The van der Waals surface area contributed by atoms with Crippen molar-refractivity contribution in [2.45, 2.75) is 51.7 Å². The van der Waals surface area contributed by atoms with Crippen LogP contribution in [0, 0.1) is 0 Å². The molecule has 0 nitrogen and oxygen atoms in total. The summed E-state index contributed by atoms with van der Waals surface area (Å²) in [5.41, 5.74) is 0.746. The van der Waals surface area contributed by atoms with E-state index in [-0.39, 0.29) is 0 Å². The van der Waals surface area contributed by atoms with Gasteiger partial charge in [0, 0.05) is 0 Å². The second-order valence-corrected chi connectivity index (χ2v) is 17.1. The third-order valence-corrected chi connectivity index (χ3v) is 7.93. The average molecular weight is 227 g/mol. The van der Waals surface area contributed by atoms with E-state index >= 15 is 0 Å². The minimum absolute atomic E-state index is 0.746. The van der Waals surface area contributed by atoms with Crippen LogP contribution in [0.25, 0.3) is 0 Å². The monoisotopic (exact) mass is 226 g/mol. The summed E-state index contributed by atoms with van der Waals surface area (Å²) in [6.07, 6.45) is 4.64. The fraction of sp³-hybridized carbons (Fsp3) is 0.667. The summed E-state index contributed by atoms with van der Waals surface area (Å²) in [6.45, 7) is 20.8. The third kappa shape index (κ3) is 4.96. The molecular weight excluding hydrogens is 200 g/mol. The summed E-state index contributed by atoms with van der Waals surface area (Å²) in [4.78, 5) is 0. The molecule has 0 fully saturated rings. The lowest BCUT2D eigenvalue weighted by molar-refractivity contribution is 1.13. The van der Waals surface area contributed by atoms with Crippen LogP contribution in [0.5, 0.6) is 0 Å². The van der Waals surface area contributed by atoms with Gasteiger partial charge in [-0.3, -0.25) is 0 Å². The summed E-state index contributed by atoms with van der Waals surface area (Å²) >= 11 is 0. The molecule has 0 aromatic rings. The molecule has 0 saturated heterocycles.